The number of hydrogen-bond acceptors (Lipinski definition) is 3. The van der Waals surface area contributed by atoms with Crippen LogP contribution in [0.5, 0.6) is 5.75 Å². The number of halogens is 1. The molecule has 0 saturated carbocycles. The van der Waals surface area contributed by atoms with E-state index in [4.69, 9.17) is 10.5 Å². The quantitative estimate of drug-likeness (QED) is 0.830. The van der Waals surface area contributed by atoms with E-state index in [-0.39, 0.29) is 17.4 Å². The molecule has 1 rings (SSSR count). The summed E-state index contributed by atoms with van der Waals surface area (Å²) in [6, 6.07) is 4.45. The predicted molar refractivity (Wildman–Crippen MR) is 65.3 cm³/mol. The number of methoxy groups -OCH3 is 1. The van der Waals surface area contributed by atoms with Crippen LogP contribution in [-0.4, -0.2) is 18.8 Å². The molecular formula is C13H20FNO2. The smallest absolute Gasteiger partial charge is 0.132 e. The van der Waals surface area contributed by atoms with Gasteiger partial charge in [0.1, 0.15) is 11.6 Å². The third-order valence-electron chi connectivity index (χ3n) is 3.06. The fraction of sp³-hybridized carbons (Fsp3) is 0.538. The highest BCUT2D eigenvalue weighted by Gasteiger charge is 2.25. The van der Waals surface area contributed by atoms with Gasteiger partial charge in [-0.1, -0.05) is 13.8 Å². The molecule has 0 spiro atoms. The van der Waals surface area contributed by atoms with Crippen molar-refractivity contribution in [3.8, 4) is 5.75 Å². The Morgan fingerprint density at radius 3 is 2.47 bits per heavy atom. The maximum absolute atomic E-state index is 13.8. The zero-order valence-corrected chi connectivity index (χ0v) is 10.5. The van der Waals surface area contributed by atoms with Crippen molar-refractivity contribution in [1.82, 2.24) is 0 Å². The number of hydrogen-bond donors (Lipinski definition) is 2. The lowest BCUT2D eigenvalue weighted by atomic mass is 9.86. The molecule has 0 aromatic heterocycles. The van der Waals surface area contributed by atoms with Crippen molar-refractivity contribution in [1.29, 1.82) is 0 Å². The molecule has 0 amide bonds. The third kappa shape index (κ3) is 3.17. The van der Waals surface area contributed by atoms with Crippen LogP contribution < -0.4 is 10.5 Å². The summed E-state index contributed by atoms with van der Waals surface area (Å²) in [7, 11) is 1.47. The summed E-state index contributed by atoms with van der Waals surface area (Å²) in [5, 5.41) is 10.1. The Kier molecular flexibility index (Phi) is 4.90. The van der Waals surface area contributed by atoms with Gasteiger partial charge >= 0.3 is 0 Å². The Morgan fingerprint density at radius 2 is 2.06 bits per heavy atom. The van der Waals surface area contributed by atoms with Crippen LogP contribution in [0.1, 0.15) is 25.5 Å². The van der Waals surface area contributed by atoms with Crippen LogP contribution in [-0.2, 0) is 0 Å². The summed E-state index contributed by atoms with van der Waals surface area (Å²) < 4.78 is 18.7. The highest BCUT2D eigenvalue weighted by Crippen LogP contribution is 2.30. The number of nitrogens with two attached hydrogens (primary N) is 1. The van der Waals surface area contributed by atoms with Gasteiger partial charge in [-0.25, -0.2) is 4.39 Å². The lowest BCUT2D eigenvalue weighted by molar-refractivity contribution is 0.0827. The number of ether oxygens (including phenoxy) is 1. The minimum Gasteiger partial charge on any atom is -0.497 e. The van der Waals surface area contributed by atoms with Crippen molar-refractivity contribution in [3.63, 3.8) is 0 Å². The Labute approximate surface area is 101 Å². The summed E-state index contributed by atoms with van der Waals surface area (Å²) in [5.41, 5.74) is 5.88. The molecule has 1 aromatic rings. The van der Waals surface area contributed by atoms with Gasteiger partial charge in [-0.05, 0) is 24.6 Å². The van der Waals surface area contributed by atoms with Crippen LogP contribution in [0.25, 0.3) is 0 Å². The van der Waals surface area contributed by atoms with Crippen molar-refractivity contribution >= 4 is 0 Å². The third-order valence-corrected chi connectivity index (χ3v) is 3.06. The zero-order chi connectivity index (χ0) is 13.0. The van der Waals surface area contributed by atoms with E-state index in [9.17, 15) is 9.50 Å². The van der Waals surface area contributed by atoms with Gasteiger partial charge in [-0.15, -0.1) is 0 Å². The first-order chi connectivity index (χ1) is 8.01. The van der Waals surface area contributed by atoms with E-state index in [0.717, 1.165) is 0 Å². The standard InChI is InChI=1S/C13H20FNO2/c1-8(2)11(7-15)13(16)10-5-4-9(17-3)6-12(10)14/h4-6,8,11,13,16H,7,15H2,1-3H3. The van der Waals surface area contributed by atoms with Crippen LogP contribution >= 0.6 is 0 Å². The van der Waals surface area contributed by atoms with Crippen LogP contribution in [0.2, 0.25) is 0 Å². The first-order valence-electron chi connectivity index (χ1n) is 5.72. The molecule has 0 aliphatic rings. The molecule has 1 aromatic carbocycles. The normalized spacial score (nSPS) is 14.8. The molecule has 0 aliphatic heterocycles. The first kappa shape index (κ1) is 13.9. The van der Waals surface area contributed by atoms with Crippen LogP contribution in [0.4, 0.5) is 4.39 Å². The van der Waals surface area contributed by atoms with Crippen molar-refractivity contribution in [2.75, 3.05) is 13.7 Å². The maximum atomic E-state index is 13.8. The molecule has 17 heavy (non-hydrogen) atoms. The molecule has 0 saturated heterocycles. The highest BCUT2D eigenvalue weighted by atomic mass is 19.1. The van der Waals surface area contributed by atoms with E-state index in [1.54, 1.807) is 12.1 Å². The Bertz CT molecular complexity index is 368. The minimum atomic E-state index is -0.883. The SMILES string of the molecule is COc1ccc(C(O)C(CN)C(C)C)c(F)c1. The van der Waals surface area contributed by atoms with Gasteiger partial charge < -0.3 is 15.6 Å². The molecule has 2 unspecified atom stereocenters. The number of rotatable bonds is 5. The van der Waals surface area contributed by atoms with Crippen molar-refractivity contribution in [2.24, 2.45) is 17.6 Å². The Balaban J connectivity index is 2.99. The second-order valence-corrected chi connectivity index (χ2v) is 4.48. The Morgan fingerprint density at radius 1 is 1.41 bits per heavy atom. The fourth-order valence-corrected chi connectivity index (χ4v) is 1.87. The number of benzene rings is 1. The van der Waals surface area contributed by atoms with Crippen molar-refractivity contribution in [2.45, 2.75) is 20.0 Å². The molecule has 0 bridgehead atoms. The molecule has 4 heteroatoms. The minimum absolute atomic E-state index is 0.155. The largest absolute Gasteiger partial charge is 0.497 e. The lowest BCUT2D eigenvalue weighted by Crippen LogP contribution is -2.27. The fourth-order valence-electron chi connectivity index (χ4n) is 1.87. The summed E-state index contributed by atoms with van der Waals surface area (Å²) in [6.07, 6.45) is -0.883. The molecule has 0 heterocycles. The molecule has 0 fully saturated rings. The predicted octanol–water partition coefficient (Wildman–Crippen LogP) is 2.10. The average Bonchev–Trinajstić information content (AvgIpc) is 2.28. The monoisotopic (exact) mass is 241 g/mol. The topological polar surface area (TPSA) is 55.5 Å². The second-order valence-electron chi connectivity index (χ2n) is 4.48. The summed E-state index contributed by atoms with van der Waals surface area (Å²) >= 11 is 0. The number of aliphatic hydroxyl groups is 1. The number of aliphatic hydroxyl groups excluding tert-OH is 1. The van der Waals surface area contributed by atoms with Crippen molar-refractivity contribution < 1.29 is 14.2 Å². The van der Waals surface area contributed by atoms with Crippen molar-refractivity contribution in [3.05, 3.63) is 29.6 Å². The van der Waals surface area contributed by atoms with Crippen LogP contribution in [0, 0.1) is 17.7 Å². The van der Waals surface area contributed by atoms with Gasteiger partial charge in [0.25, 0.3) is 0 Å². The van der Waals surface area contributed by atoms with E-state index >= 15 is 0 Å². The van der Waals surface area contributed by atoms with E-state index in [0.29, 0.717) is 12.3 Å². The van der Waals surface area contributed by atoms with Gasteiger partial charge in [0.05, 0.1) is 13.2 Å². The molecule has 3 nitrogen and oxygen atoms in total. The van der Waals surface area contributed by atoms with Crippen LogP contribution in [0.3, 0.4) is 0 Å². The highest BCUT2D eigenvalue weighted by molar-refractivity contribution is 5.30. The van der Waals surface area contributed by atoms with E-state index in [1.807, 2.05) is 13.8 Å². The maximum Gasteiger partial charge on any atom is 0.132 e. The molecule has 2 atom stereocenters. The average molecular weight is 241 g/mol. The molecule has 3 N–H and O–H groups in total. The van der Waals surface area contributed by atoms with Crippen LogP contribution in [0.15, 0.2) is 18.2 Å². The summed E-state index contributed by atoms with van der Waals surface area (Å²) in [6.45, 7) is 4.24. The van der Waals surface area contributed by atoms with E-state index in [2.05, 4.69) is 0 Å². The van der Waals surface area contributed by atoms with Gasteiger partial charge in [-0.2, -0.15) is 0 Å². The molecule has 96 valence electrons. The zero-order valence-electron chi connectivity index (χ0n) is 10.5. The first-order valence-corrected chi connectivity index (χ1v) is 5.72. The Hall–Kier alpha value is -1.13. The van der Waals surface area contributed by atoms with Gasteiger partial charge in [0, 0.05) is 17.5 Å². The summed E-state index contributed by atoms with van der Waals surface area (Å²) in [5.74, 6) is 0.0117. The van der Waals surface area contributed by atoms with Gasteiger partial charge in [0.15, 0.2) is 0 Å². The van der Waals surface area contributed by atoms with Gasteiger partial charge in [0.2, 0.25) is 0 Å². The lowest BCUT2D eigenvalue weighted by Gasteiger charge is -2.25. The molecular weight excluding hydrogens is 221 g/mol. The molecule has 0 radical (unpaired) electrons. The van der Waals surface area contributed by atoms with Gasteiger partial charge in [-0.3, -0.25) is 0 Å². The molecule has 0 aliphatic carbocycles. The van der Waals surface area contributed by atoms with E-state index < -0.39 is 11.9 Å². The summed E-state index contributed by atoms with van der Waals surface area (Å²) in [4.78, 5) is 0. The second kappa shape index (κ2) is 5.98. The van der Waals surface area contributed by atoms with E-state index in [1.165, 1.54) is 13.2 Å².